The van der Waals surface area contributed by atoms with Crippen molar-refractivity contribution in [1.82, 2.24) is 14.9 Å². The summed E-state index contributed by atoms with van der Waals surface area (Å²) >= 11 is 0. The van der Waals surface area contributed by atoms with E-state index in [0.717, 1.165) is 23.2 Å². The van der Waals surface area contributed by atoms with Gasteiger partial charge in [-0.25, -0.2) is 9.78 Å². The van der Waals surface area contributed by atoms with Crippen LogP contribution < -0.4 is 10.6 Å². The van der Waals surface area contributed by atoms with E-state index in [4.69, 9.17) is 0 Å². The number of hydrogen-bond donors (Lipinski definition) is 3. The first-order valence-corrected chi connectivity index (χ1v) is 8.57. The van der Waals surface area contributed by atoms with Gasteiger partial charge in [-0.2, -0.15) is 0 Å². The normalized spacial score (nSPS) is 18.3. The number of nitrogens with one attached hydrogen (secondary N) is 2. The molecule has 2 amide bonds. The average Bonchev–Trinajstić information content (AvgIpc) is 3.25. The van der Waals surface area contributed by atoms with Gasteiger partial charge >= 0.3 is 6.03 Å². The van der Waals surface area contributed by atoms with Crippen molar-refractivity contribution in [3.8, 4) is 0 Å². The van der Waals surface area contributed by atoms with Gasteiger partial charge in [0.1, 0.15) is 0 Å². The molecule has 1 aliphatic carbocycles. The Labute approximate surface area is 151 Å². The van der Waals surface area contributed by atoms with E-state index in [1.54, 1.807) is 12.5 Å². The number of fused-ring (bicyclic) bond motifs is 1. The molecule has 3 N–H and O–H groups in total. The van der Waals surface area contributed by atoms with E-state index < -0.39 is 6.10 Å². The van der Waals surface area contributed by atoms with Crippen LogP contribution >= 0.6 is 0 Å². The Bertz CT molecular complexity index is 890. The standard InChI is InChI=1S/C20H20N4O2/c25-18-11-15-3-1-2-4-17(15)19(18)23-20(26)22-16-7-5-14(6-8-16)12-24-10-9-21-13-24/h1-10,13,18-19,25H,11-12H2,(H2,22,23,26)/t18-,19+/m1/s1. The van der Waals surface area contributed by atoms with Crippen LogP contribution in [-0.2, 0) is 13.0 Å². The third kappa shape index (κ3) is 3.45. The van der Waals surface area contributed by atoms with E-state index in [1.165, 1.54) is 0 Å². The predicted molar refractivity (Wildman–Crippen MR) is 98.8 cm³/mol. The van der Waals surface area contributed by atoms with Gasteiger partial charge in [-0.15, -0.1) is 0 Å². The zero-order valence-electron chi connectivity index (χ0n) is 14.2. The van der Waals surface area contributed by atoms with Gasteiger partial charge in [-0.05, 0) is 28.8 Å². The molecule has 6 heteroatoms. The molecule has 6 nitrogen and oxygen atoms in total. The van der Waals surface area contributed by atoms with Crippen LogP contribution in [-0.4, -0.2) is 26.8 Å². The summed E-state index contributed by atoms with van der Waals surface area (Å²) in [7, 11) is 0. The smallest absolute Gasteiger partial charge is 0.319 e. The quantitative estimate of drug-likeness (QED) is 0.678. The summed E-state index contributed by atoms with van der Waals surface area (Å²) in [5, 5.41) is 15.9. The topological polar surface area (TPSA) is 79.2 Å². The number of anilines is 1. The molecule has 0 radical (unpaired) electrons. The Kier molecular flexibility index (Phi) is 4.41. The Balaban J connectivity index is 1.38. The minimum Gasteiger partial charge on any atom is -0.390 e. The van der Waals surface area contributed by atoms with Gasteiger partial charge < -0.3 is 20.3 Å². The summed E-state index contributed by atoms with van der Waals surface area (Å²) in [6.07, 6.45) is 5.38. The minimum atomic E-state index is -0.601. The number of aliphatic hydroxyl groups excluding tert-OH is 1. The highest BCUT2D eigenvalue weighted by molar-refractivity contribution is 5.89. The van der Waals surface area contributed by atoms with E-state index in [0.29, 0.717) is 12.1 Å². The number of amides is 2. The molecule has 3 aromatic rings. The van der Waals surface area contributed by atoms with Gasteiger partial charge in [0, 0.05) is 31.0 Å². The Morgan fingerprint density at radius 2 is 2.00 bits per heavy atom. The lowest BCUT2D eigenvalue weighted by Gasteiger charge is -2.18. The molecule has 26 heavy (non-hydrogen) atoms. The molecule has 4 rings (SSSR count). The highest BCUT2D eigenvalue weighted by Crippen LogP contribution is 2.31. The van der Waals surface area contributed by atoms with E-state index in [1.807, 2.05) is 59.3 Å². The monoisotopic (exact) mass is 348 g/mol. The van der Waals surface area contributed by atoms with Crippen molar-refractivity contribution in [2.24, 2.45) is 0 Å². The fourth-order valence-corrected chi connectivity index (χ4v) is 3.34. The third-order valence-corrected chi connectivity index (χ3v) is 4.63. The van der Waals surface area contributed by atoms with Gasteiger partial charge in [0.2, 0.25) is 0 Å². The molecule has 1 aromatic heterocycles. The number of hydrogen-bond acceptors (Lipinski definition) is 3. The second-order valence-electron chi connectivity index (χ2n) is 6.48. The first-order valence-electron chi connectivity index (χ1n) is 8.57. The van der Waals surface area contributed by atoms with Crippen molar-refractivity contribution in [1.29, 1.82) is 0 Å². The number of nitrogens with zero attached hydrogens (tertiary/aromatic N) is 2. The van der Waals surface area contributed by atoms with Gasteiger partial charge in [0.25, 0.3) is 0 Å². The van der Waals surface area contributed by atoms with Crippen LogP contribution in [0.5, 0.6) is 0 Å². The maximum absolute atomic E-state index is 12.3. The van der Waals surface area contributed by atoms with Crippen LogP contribution in [0.2, 0.25) is 0 Å². The number of urea groups is 1. The number of benzene rings is 2. The van der Waals surface area contributed by atoms with Crippen molar-refractivity contribution in [2.45, 2.75) is 25.1 Å². The molecule has 0 aliphatic heterocycles. The predicted octanol–water partition coefficient (Wildman–Crippen LogP) is 2.71. The summed E-state index contributed by atoms with van der Waals surface area (Å²) in [5.41, 5.74) is 3.88. The van der Waals surface area contributed by atoms with Crippen molar-refractivity contribution in [2.75, 3.05) is 5.32 Å². The number of aliphatic hydroxyl groups is 1. The Morgan fingerprint density at radius 1 is 1.19 bits per heavy atom. The number of rotatable bonds is 4. The summed E-state index contributed by atoms with van der Waals surface area (Å²) in [4.78, 5) is 16.3. The number of carbonyl (C=O) groups excluding carboxylic acids is 1. The molecule has 2 aromatic carbocycles. The van der Waals surface area contributed by atoms with Gasteiger partial charge in [-0.3, -0.25) is 0 Å². The van der Waals surface area contributed by atoms with Gasteiger partial charge in [0.15, 0.2) is 0 Å². The van der Waals surface area contributed by atoms with Crippen LogP contribution in [0, 0.1) is 0 Å². The lowest BCUT2D eigenvalue weighted by Crippen LogP contribution is -2.36. The van der Waals surface area contributed by atoms with Gasteiger partial charge in [0.05, 0.1) is 18.5 Å². The van der Waals surface area contributed by atoms with E-state index in [9.17, 15) is 9.90 Å². The van der Waals surface area contributed by atoms with Crippen molar-refractivity contribution < 1.29 is 9.90 Å². The zero-order valence-corrected chi connectivity index (χ0v) is 14.2. The molecule has 0 bridgehead atoms. The maximum atomic E-state index is 12.3. The highest BCUT2D eigenvalue weighted by atomic mass is 16.3. The molecule has 0 unspecified atom stereocenters. The first-order chi connectivity index (χ1) is 12.7. The van der Waals surface area contributed by atoms with E-state index >= 15 is 0 Å². The molecule has 0 fully saturated rings. The van der Waals surface area contributed by atoms with E-state index in [-0.39, 0.29) is 12.1 Å². The van der Waals surface area contributed by atoms with Crippen LogP contribution in [0.25, 0.3) is 0 Å². The molecule has 2 atom stereocenters. The fourth-order valence-electron chi connectivity index (χ4n) is 3.34. The van der Waals surface area contributed by atoms with Crippen molar-refractivity contribution in [3.63, 3.8) is 0 Å². The summed E-state index contributed by atoms with van der Waals surface area (Å²) in [5.74, 6) is 0. The fraction of sp³-hybridized carbons (Fsp3) is 0.200. The molecule has 132 valence electrons. The summed E-state index contributed by atoms with van der Waals surface area (Å²) < 4.78 is 1.98. The second-order valence-corrected chi connectivity index (χ2v) is 6.48. The number of imidazole rings is 1. The molecular weight excluding hydrogens is 328 g/mol. The first kappa shape index (κ1) is 16.4. The second kappa shape index (κ2) is 7.01. The summed E-state index contributed by atoms with van der Waals surface area (Å²) in [6.45, 7) is 0.734. The van der Waals surface area contributed by atoms with E-state index in [2.05, 4.69) is 15.6 Å². The Hall–Kier alpha value is -3.12. The lowest BCUT2D eigenvalue weighted by molar-refractivity contribution is 0.144. The van der Waals surface area contributed by atoms with Crippen LogP contribution in [0.3, 0.4) is 0 Å². The molecule has 0 saturated heterocycles. The highest BCUT2D eigenvalue weighted by Gasteiger charge is 2.31. The average molecular weight is 348 g/mol. The van der Waals surface area contributed by atoms with Crippen molar-refractivity contribution >= 4 is 11.7 Å². The largest absolute Gasteiger partial charge is 0.390 e. The van der Waals surface area contributed by atoms with Crippen molar-refractivity contribution in [3.05, 3.63) is 83.9 Å². The minimum absolute atomic E-state index is 0.326. The van der Waals surface area contributed by atoms with Gasteiger partial charge in [-0.1, -0.05) is 36.4 Å². The SMILES string of the molecule is O=C(Nc1ccc(Cn2ccnc2)cc1)N[C@H]1c2ccccc2C[C@H]1O. The van der Waals surface area contributed by atoms with Crippen LogP contribution in [0.1, 0.15) is 22.7 Å². The maximum Gasteiger partial charge on any atom is 0.319 e. The zero-order chi connectivity index (χ0) is 17.9. The molecule has 0 spiro atoms. The lowest BCUT2D eigenvalue weighted by atomic mass is 10.1. The number of aromatic nitrogens is 2. The van der Waals surface area contributed by atoms with Crippen LogP contribution in [0.4, 0.5) is 10.5 Å². The molecular formula is C20H20N4O2. The molecule has 1 aliphatic rings. The summed E-state index contributed by atoms with van der Waals surface area (Å²) in [6, 6.07) is 14.8. The number of carbonyl (C=O) groups is 1. The van der Waals surface area contributed by atoms with Crippen LogP contribution in [0.15, 0.2) is 67.3 Å². The molecule has 0 saturated carbocycles. The third-order valence-electron chi connectivity index (χ3n) is 4.63. The Morgan fingerprint density at radius 3 is 2.77 bits per heavy atom. The molecule has 1 heterocycles.